The molecular weight excluding hydrogens is 308 g/mol. The van der Waals surface area contributed by atoms with E-state index in [1.165, 1.54) is 0 Å². The normalized spacial score (nSPS) is 20.8. The van der Waals surface area contributed by atoms with Crippen molar-refractivity contribution in [3.8, 4) is 0 Å². The Hall–Kier alpha value is -2.37. The zero-order valence-electron chi connectivity index (χ0n) is 13.6. The second-order valence-electron chi connectivity index (χ2n) is 6.24. The van der Waals surface area contributed by atoms with Gasteiger partial charge in [0.05, 0.1) is 5.56 Å². The van der Waals surface area contributed by atoms with Gasteiger partial charge in [0, 0.05) is 32.5 Å². The van der Waals surface area contributed by atoms with Crippen LogP contribution in [0.3, 0.4) is 0 Å². The summed E-state index contributed by atoms with van der Waals surface area (Å²) in [7, 11) is 0. The van der Waals surface area contributed by atoms with Crippen molar-refractivity contribution in [1.82, 2.24) is 10.2 Å². The van der Waals surface area contributed by atoms with Crippen molar-refractivity contribution in [3.63, 3.8) is 0 Å². The highest BCUT2D eigenvalue weighted by Gasteiger charge is 2.30. The van der Waals surface area contributed by atoms with E-state index in [9.17, 15) is 14.4 Å². The molecule has 128 valence electrons. The minimum Gasteiger partial charge on any atom is -0.448 e. The first-order valence-corrected chi connectivity index (χ1v) is 8.49. The molecule has 0 spiro atoms. The number of benzene rings is 1. The van der Waals surface area contributed by atoms with Crippen LogP contribution in [0.2, 0.25) is 0 Å². The van der Waals surface area contributed by atoms with Crippen LogP contribution in [0.4, 0.5) is 0 Å². The van der Waals surface area contributed by atoms with Crippen molar-refractivity contribution in [2.24, 2.45) is 0 Å². The number of nitrogens with one attached hydrogen (secondary N) is 1. The van der Waals surface area contributed by atoms with E-state index in [1.54, 1.807) is 17.0 Å². The molecule has 1 aromatic rings. The maximum Gasteiger partial charge on any atom is 0.339 e. The highest BCUT2D eigenvalue weighted by molar-refractivity contribution is 5.95. The topological polar surface area (TPSA) is 75.7 Å². The van der Waals surface area contributed by atoms with Gasteiger partial charge >= 0.3 is 5.97 Å². The summed E-state index contributed by atoms with van der Waals surface area (Å²) in [5.74, 6) is -0.611. The summed E-state index contributed by atoms with van der Waals surface area (Å²) >= 11 is 0. The summed E-state index contributed by atoms with van der Waals surface area (Å²) in [5, 5.41) is 2.78. The molecule has 3 rings (SSSR count). The van der Waals surface area contributed by atoms with Gasteiger partial charge < -0.3 is 15.0 Å². The zero-order chi connectivity index (χ0) is 16.9. The predicted molar refractivity (Wildman–Crippen MR) is 87.4 cm³/mol. The number of hydrogen-bond acceptors (Lipinski definition) is 4. The monoisotopic (exact) mass is 330 g/mol. The molecule has 0 bridgehead atoms. The average molecular weight is 330 g/mol. The third-order valence-electron chi connectivity index (χ3n) is 4.54. The summed E-state index contributed by atoms with van der Waals surface area (Å²) in [5.41, 5.74) is 1.35. The Balaban J connectivity index is 1.51. The van der Waals surface area contributed by atoms with Crippen LogP contribution in [0.5, 0.6) is 0 Å². The molecule has 6 nitrogen and oxygen atoms in total. The number of esters is 1. The predicted octanol–water partition coefficient (Wildman–Crippen LogP) is 1.29. The average Bonchev–Trinajstić information content (AvgIpc) is 2.79. The van der Waals surface area contributed by atoms with Crippen LogP contribution < -0.4 is 5.32 Å². The van der Waals surface area contributed by atoms with Crippen molar-refractivity contribution in [2.45, 2.75) is 38.2 Å². The fourth-order valence-corrected chi connectivity index (χ4v) is 3.18. The highest BCUT2D eigenvalue weighted by atomic mass is 16.5. The maximum absolute atomic E-state index is 12.3. The number of amides is 2. The van der Waals surface area contributed by atoms with E-state index in [-0.39, 0.29) is 11.8 Å². The number of cyclic esters (lactones) is 1. The van der Waals surface area contributed by atoms with E-state index in [1.807, 2.05) is 12.1 Å². The fourth-order valence-electron chi connectivity index (χ4n) is 3.18. The van der Waals surface area contributed by atoms with Crippen LogP contribution in [0.1, 0.15) is 41.6 Å². The Labute approximate surface area is 141 Å². The molecule has 2 amide bonds. The molecule has 24 heavy (non-hydrogen) atoms. The first kappa shape index (κ1) is 16.5. The van der Waals surface area contributed by atoms with E-state index in [0.717, 1.165) is 31.4 Å². The van der Waals surface area contributed by atoms with E-state index >= 15 is 0 Å². The van der Waals surface area contributed by atoms with Crippen LogP contribution in [-0.2, 0) is 20.7 Å². The van der Waals surface area contributed by atoms with E-state index in [0.29, 0.717) is 31.5 Å². The number of likely N-dealkylation sites (tertiary alicyclic amines) is 1. The molecule has 6 heteroatoms. The lowest BCUT2D eigenvalue weighted by atomic mass is 9.98. The van der Waals surface area contributed by atoms with Crippen LogP contribution in [-0.4, -0.2) is 48.4 Å². The Morgan fingerprint density at radius 2 is 2.04 bits per heavy atom. The van der Waals surface area contributed by atoms with Gasteiger partial charge in [0.2, 0.25) is 5.91 Å². The van der Waals surface area contributed by atoms with Gasteiger partial charge in [0.25, 0.3) is 5.91 Å². The fraction of sp³-hybridized carbons (Fsp3) is 0.500. The Morgan fingerprint density at radius 1 is 1.21 bits per heavy atom. The van der Waals surface area contributed by atoms with Crippen LogP contribution >= 0.6 is 0 Å². The number of ether oxygens (including phenoxy) is 1. The summed E-state index contributed by atoms with van der Waals surface area (Å²) in [6.45, 7) is 1.63. The van der Waals surface area contributed by atoms with Gasteiger partial charge in [-0.15, -0.1) is 0 Å². The van der Waals surface area contributed by atoms with Crippen LogP contribution in [0.15, 0.2) is 24.3 Å². The first-order valence-electron chi connectivity index (χ1n) is 8.49. The number of fused-ring (bicyclic) bond motifs is 1. The highest BCUT2D eigenvalue weighted by Crippen LogP contribution is 2.20. The standard InChI is InChI=1S/C18H22N2O4/c21-16-8-2-1-5-10-20(16)11-9-19-17(22)15-12-13-6-3-4-7-14(13)18(23)24-15/h3-4,6-7,15H,1-2,5,8-12H2,(H,19,22)/t15-/m1/s1. The molecule has 1 aromatic carbocycles. The Bertz CT molecular complexity index is 644. The lowest BCUT2D eigenvalue weighted by Gasteiger charge is -2.25. The summed E-state index contributed by atoms with van der Waals surface area (Å²) in [6, 6.07) is 7.17. The molecule has 0 aliphatic carbocycles. The number of hydrogen-bond donors (Lipinski definition) is 1. The SMILES string of the molecule is O=C1O[C@@H](C(=O)NCCN2CCCCCC2=O)Cc2ccccc21. The lowest BCUT2D eigenvalue weighted by Crippen LogP contribution is -2.45. The van der Waals surface area contributed by atoms with Gasteiger partial charge in [0.15, 0.2) is 6.10 Å². The Kier molecular flexibility index (Phi) is 5.13. The smallest absolute Gasteiger partial charge is 0.339 e. The van der Waals surface area contributed by atoms with Crippen molar-refractivity contribution in [1.29, 1.82) is 0 Å². The van der Waals surface area contributed by atoms with Gasteiger partial charge in [-0.1, -0.05) is 24.6 Å². The molecule has 0 saturated carbocycles. The molecular formula is C18H22N2O4. The molecule has 0 unspecified atom stereocenters. The second kappa shape index (κ2) is 7.47. The molecule has 1 fully saturated rings. The zero-order valence-corrected chi connectivity index (χ0v) is 13.6. The van der Waals surface area contributed by atoms with E-state index in [2.05, 4.69) is 5.32 Å². The molecule has 0 radical (unpaired) electrons. The first-order chi connectivity index (χ1) is 11.6. The van der Waals surface area contributed by atoms with Crippen LogP contribution in [0.25, 0.3) is 0 Å². The molecule has 2 heterocycles. The van der Waals surface area contributed by atoms with Crippen molar-refractivity contribution >= 4 is 17.8 Å². The van der Waals surface area contributed by atoms with Gasteiger partial charge in [-0.05, 0) is 24.5 Å². The Morgan fingerprint density at radius 3 is 2.92 bits per heavy atom. The van der Waals surface area contributed by atoms with Gasteiger partial charge in [-0.3, -0.25) is 9.59 Å². The molecule has 2 aliphatic heterocycles. The maximum atomic E-state index is 12.3. The van der Waals surface area contributed by atoms with E-state index in [4.69, 9.17) is 4.74 Å². The minimum absolute atomic E-state index is 0.153. The third-order valence-corrected chi connectivity index (χ3v) is 4.54. The number of carbonyl (C=O) groups excluding carboxylic acids is 3. The number of nitrogens with zero attached hydrogens (tertiary/aromatic N) is 1. The lowest BCUT2D eigenvalue weighted by molar-refractivity contribution is -0.133. The second-order valence-corrected chi connectivity index (χ2v) is 6.24. The molecule has 1 N–H and O–H groups in total. The van der Waals surface area contributed by atoms with Gasteiger partial charge in [0.1, 0.15) is 0 Å². The van der Waals surface area contributed by atoms with Gasteiger partial charge in [-0.25, -0.2) is 4.79 Å². The summed E-state index contributed by atoms with van der Waals surface area (Å²) < 4.78 is 5.23. The quantitative estimate of drug-likeness (QED) is 0.844. The van der Waals surface area contributed by atoms with E-state index < -0.39 is 12.1 Å². The number of carbonyl (C=O) groups is 3. The van der Waals surface area contributed by atoms with Crippen molar-refractivity contribution < 1.29 is 19.1 Å². The molecule has 2 aliphatic rings. The number of rotatable bonds is 4. The molecule has 1 saturated heterocycles. The largest absolute Gasteiger partial charge is 0.448 e. The van der Waals surface area contributed by atoms with Crippen molar-refractivity contribution in [3.05, 3.63) is 35.4 Å². The third kappa shape index (κ3) is 3.75. The van der Waals surface area contributed by atoms with Crippen LogP contribution in [0, 0.1) is 0 Å². The minimum atomic E-state index is -0.799. The summed E-state index contributed by atoms with van der Waals surface area (Å²) in [4.78, 5) is 37.9. The molecule has 0 aromatic heterocycles. The van der Waals surface area contributed by atoms with Crippen molar-refractivity contribution in [2.75, 3.05) is 19.6 Å². The summed E-state index contributed by atoms with van der Waals surface area (Å²) in [6.07, 6.45) is 3.20. The van der Waals surface area contributed by atoms with Gasteiger partial charge in [-0.2, -0.15) is 0 Å². The molecule has 1 atom stereocenters.